The lowest BCUT2D eigenvalue weighted by atomic mass is 10.1. The number of imidazole rings is 1. The Morgan fingerprint density at radius 1 is 0.940 bits per heavy atom. The number of anilines is 1. The monoisotopic (exact) mass is 711 g/mol. The van der Waals surface area contributed by atoms with Crippen LogP contribution in [-0.4, -0.2) is 85.6 Å². The normalized spacial score (nSPS) is 19.8. The molecule has 1 N–H and O–H groups in total. The molecule has 1 aliphatic rings. The van der Waals surface area contributed by atoms with Gasteiger partial charge >= 0.3 is 11.9 Å². The molecule has 2 aromatic heterocycles. The van der Waals surface area contributed by atoms with Gasteiger partial charge in [-0.2, -0.15) is 5.26 Å². The molecule has 0 saturated carbocycles. The van der Waals surface area contributed by atoms with Gasteiger partial charge in [0.15, 0.2) is 35.4 Å². The minimum absolute atomic E-state index is 0.0447. The molecule has 1 saturated heterocycles. The van der Waals surface area contributed by atoms with Crippen LogP contribution in [0.25, 0.3) is 11.2 Å². The molecule has 3 unspecified atom stereocenters. The number of fused-ring (bicyclic) bond motifs is 1. The van der Waals surface area contributed by atoms with Gasteiger partial charge in [0.1, 0.15) is 12.4 Å². The van der Waals surface area contributed by atoms with Crippen molar-refractivity contribution in [3.8, 4) is 6.07 Å². The van der Waals surface area contributed by atoms with Gasteiger partial charge in [0, 0.05) is 17.6 Å². The molecule has 4 rings (SSSR count). The van der Waals surface area contributed by atoms with Crippen LogP contribution in [-0.2, 0) is 32.8 Å². The number of aromatic nitrogens is 4. The third kappa shape index (κ3) is 9.38. The number of nitrogens with zero attached hydrogens (tertiary/aromatic N) is 6. The Bertz CT molecular complexity index is 1640. The predicted octanol–water partition coefficient (Wildman–Crippen LogP) is 5.40. The van der Waals surface area contributed by atoms with Gasteiger partial charge in [-0.05, 0) is 39.8 Å². The minimum Gasteiger partial charge on any atom is -0.455 e. The molecule has 5 atom stereocenters. The van der Waals surface area contributed by atoms with E-state index in [2.05, 4.69) is 31.0 Å². The van der Waals surface area contributed by atoms with E-state index in [4.69, 9.17) is 28.5 Å². The van der Waals surface area contributed by atoms with Gasteiger partial charge in [-0.3, -0.25) is 19.0 Å². The minimum atomic E-state index is -1.67. The number of nitrogens with one attached hydrogen (secondary N) is 1. The molecule has 270 valence electrons. The number of hydrogen-bond donors (Lipinski definition) is 1. The Morgan fingerprint density at radius 3 is 2.18 bits per heavy atom. The Hall–Kier alpha value is -4.06. The highest BCUT2D eigenvalue weighted by Gasteiger charge is 2.52. The van der Waals surface area contributed by atoms with Crippen LogP contribution in [0.4, 0.5) is 5.82 Å². The van der Waals surface area contributed by atoms with Gasteiger partial charge in [0.2, 0.25) is 0 Å². The van der Waals surface area contributed by atoms with E-state index in [1.54, 1.807) is 56.5 Å². The van der Waals surface area contributed by atoms with Crippen LogP contribution < -0.4 is 5.32 Å². The van der Waals surface area contributed by atoms with Crippen molar-refractivity contribution in [2.75, 3.05) is 18.5 Å². The number of esters is 2. The first-order valence-electron chi connectivity index (χ1n) is 16.6. The second-order valence-corrected chi connectivity index (χ2v) is 14.3. The third-order valence-corrected chi connectivity index (χ3v) is 9.72. The Kier molecular flexibility index (Phi) is 13.7. The number of benzene rings is 1. The van der Waals surface area contributed by atoms with E-state index >= 15 is 0 Å². The maximum Gasteiger partial charge on any atom is 0.308 e. The molecular weight excluding hydrogens is 665 g/mol. The average molecular weight is 712 g/mol. The number of carbonyl (C=O) groups is 3. The molecule has 15 nitrogen and oxygen atoms in total. The molecule has 0 radical (unpaired) electrons. The molecule has 3 aromatic rings. The first-order valence-corrected chi connectivity index (χ1v) is 17.8. The fourth-order valence-electron chi connectivity index (χ4n) is 5.22. The first-order chi connectivity index (χ1) is 23.8. The van der Waals surface area contributed by atoms with Crippen molar-refractivity contribution in [2.45, 2.75) is 98.4 Å². The van der Waals surface area contributed by atoms with Crippen LogP contribution >= 0.6 is 8.53 Å². The Morgan fingerprint density at radius 2 is 1.58 bits per heavy atom. The van der Waals surface area contributed by atoms with Crippen molar-refractivity contribution in [1.82, 2.24) is 24.2 Å². The smallest absolute Gasteiger partial charge is 0.308 e. The molecule has 0 spiro atoms. The fourth-order valence-corrected chi connectivity index (χ4v) is 6.84. The molecule has 1 fully saturated rings. The van der Waals surface area contributed by atoms with Crippen molar-refractivity contribution in [1.29, 1.82) is 5.26 Å². The summed E-state index contributed by atoms with van der Waals surface area (Å²) in [5.41, 5.74) is 0.979. The second-order valence-electron chi connectivity index (χ2n) is 12.9. The summed E-state index contributed by atoms with van der Waals surface area (Å²) < 4.78 is 34.6. The van der Waals surface area contributed by atoms with Crippen molar-refractivity contribution in [2.24, 2.45) is 11.8 Å². The van der Waals surface area contributed by atoms with Gasteiger partial charge in [-0.15, -0.1) is 0 Å². The van der Waals surface area contributed by atoms with E-state index in [9.17, 15) is 14.4 Å². The molecule has 0 aliphatic carbocycles. The molecule has 0 bridgehead atoms. The van der Waals surface area contributed by atoms with E-state index in [0.29, 0.717) is 5.56 Å². The van der Waals surface area contributed by atoms with Crippen molar-refractivity contribution in [3.05, 3.63) is 48.5 Å². The maximum atomic E-state index is 13.1. The maximum absolute atomic E-state index is 13.1. The Labute approximate surface area is 293 Å². The zero-order valence-electron chi connectivity index (χ0n) is 29.7. The van der Waals surface area contributed by atoms with Gasteiger partial charge in [0.05, 0.1) is 43.9 Å². The van der Waals surface area contributed by atoms with E-state index in [1.165, 1.54) is 12.7 Å². The lowest BCUT2D eigenvalue weighted by Crippen LogP contribution is -2.42. The lowest BCUT2D eigenvalue weighted by Gasteiger charge is -2.36. The van der Waals surface area contributed by atoms with Crippen LogP contribution in [0.15, 0.2) is 43.0 Å². The molecule has 3 heterocycles. The van der Waals surface area contributed by atoms with Gasteiger partial charge < -0.3 is 28.6 Å². The van der Waals surface area contributed by atoms with Crippen LogP contribution in [0.5, 0.6) is 0 Å². The van der Waals surface area contributed by atoms with Crippen LogP contribution in [0.2, 0.25) is 0 Å². The third-order valence-electron chi connectivity index (χ3n) is 7.65. The van der Waals surface area contributed by atoms with Crippen molar-refractivity contribution >= 4 is 43.4 Å². The SMILES string of the molecule is CC(C)C(=O)OC1C(OC(=O)C(C)C)[C@@H](COP(OCCC#N)N(C(C)C)C(C)C)O[C@H]1n1cnc2c(NC(=O)c3ccccc3)ncnc21. The molecule has 50 heavy (non-hydrogen) atoms. The average Bonchev–Trinajstić information content (AvgIpc) is 3.65. The molecule has 1 aliphatic heterocycles. The number of amides is 1. The zero-order chi connectivity index (χ0) is 36.5. The summed E-state index contributed by atoms with van der Waals surface area (Å²) in [5.74, 6) is -2.25. The number of ether oxygens (including phenoxy) is 3. The highest BCUT2D eigenvalue weighted by molar-refractivity contribution is 7.44. The standard InChI is InChI=1S/C34H46N7O8P/c1-20(2)33(43)48-27-25(17-46-50(45-16-12-15-35)41(22(5)6)23(7)8)47-32(28(27)49-34(44)21(3)4)40-19-38-26-29(36-18-37-30(26)40)39-31(42)24-13-10-9-11-14-24/h9-11,13-14,18-23,25,27-28,32H,12,16-17H2,1-8H3,(H,36,37,39,42)/t25-,27?,28?,32-,50?/m1/s1. The topological polar surface area (TPSA) is 180 Å². The van der Waals surface area contributed by atoms with E-state index in [1.807, 2.05) is 33.8 Å². The predicted molar refractivity (Wildman–Crippen MR) is 184 cm³/mol. The van der Waals surface area contributed by atoms with E-state index in [-0.39, 0.29) is 54.6 Å². The first kappa shape index (κ1) is 38.7. The summed E-state index contributed by atoms with van der Waals surface area (Å²) in [6.07, 6.45) is -1.30. The summed E-state index contributed by atoms with van der Waals surface area (Å²) in [7, 11) is -1.67. The van der Waals surface area contributed by atoms with Gasteiger partial charge in [0.25, 0.3) is 14.4 Å². The highest BCUT2D eigenvalue weighted by Crippen LogP contribution is 2.47. The van der Waals surface area contributed by atoms with E-state index < -0.39 is 56.8 Å². The molecular formula is C34H46N7O8P. The lowest BCUT2D eigenvalue weighted by molar-refractivity contribution is -0.172. The number of carbonyl (C=O) groups excluding carboxylic acids is 3. The quantitative estimate of drug-likeness (QED) is 0.113. The van der Waals surface area contributed by atoms with Crippen LogP contribution in [0.1, 0.15) is 78.4 Å². The zero-order valence-corrected chi connectivity index (χ0v) is 30.6. The van der Waals surface area contributed by atoms with Gasteiger partial charge in [-0.1, -0.05) is 45.9 Å². The summed E-state index contributed by atoms with van der Waals surface area (Å²) in [6.45, 7) is 14.9. The summed E-state index contributed by atoms with van der Waals surface area (Å²) in [5, 5.41) is 11.9. The van der Waals surface area contributed by atoms with Gasteiger partial charge in [-0.25, -0.2) is 19.6 Å². The Balaban J connectivity index is 1.72. The molecule has 16 heteroatoms. The summed E-state index contributed by atoms with van der Waals surface area (Å²) >= 11 is 0. The number of hydrogen-bond acceptors (Lipinski definition) is 13. The second kappa shape index (κ2) is 17.7. The van der Waals surface area contributed by atoms with Crippen molar-refractivity contribution in [3.63, 3.8) is 0 Å². The number of nitriles is 1. The molecule has 1 amide bonds. The fraction of sp³-hybridized carbons (Fsp3) is 0.559. The summed E-state index contributed by atoms with van der Waals surface area (Å²) in [4.78, 5) is 52.3. The van der Waals surface area contributed by atoms with Crippen LogP contribution in [0.3, 0.4) is 0 Å². The van der Waals surface area contributed by atoms with E-state index in [0.717, 1.165) is 0 Å². The largest absolute Gasteiger partial charge is 0.455 e. The highest BCUT2D eigenvalue weighted by atomic mass is 31.2. The van der Waals surface area contributed by atoms with Crippen LogP contribution in [0, 0.1) is 23.2 Å². The van der Waals surface area contributed by atoms with Crippen molar-refractivity contribution < 1.29 is 37.6 Å². The summed E-state index contributed by atoms with van der Waals surface area (Å²) in [6, 6.07) is 10.8. The molecule has 1 aromatic carbocycles. The number of rotatable bonds is 16.